The number of amides is 2. The van der Waals surface area contributed by atoms with Crippen molar-refractivity contribution in [2.75, 3.05) is 33.8 Å². The predicted molar refractivity (Wildman–Crippen MR) is 113 cm³/mol. The van der Waals surface area contributed by atoms with Gasteiger partial charge in [0.2, 0.25) is 0 Å². The van der Waals surface area contributed by atoms with Gasteiger partial charge in [-0.05, 0) is 43.2 Å². The molecule has 2 aromatic carbocycles. The monoisotopic (exact) mass is 407 g/mol. The third kappa shape index (κ3) is 4.30. The maximum atomic E-state index is 12.9. The third-order valence-corrected chi connectivity index (χ3v) is 5.38. The van der Waals surface area contributed by atoms with Gasteiger partial charge >= 0.3 is 0 Å². The molecule has 0 bridgehead atoms. The van der Waals surface area contributed by atoms with E-state index in [4.69, 9.17) is 9.15 Å². The molecule has 2 heterocycles. The van der Waals surface area contributed by atoms with E-state index in [-0.39, 0.29) is 24.3 Å². The zero-order valence-electron chi connectivity index (χ0n) is 17.2. The molecule has 7 heteroatoms. The van der Waals surface area contributed by atoms with Crippen molar-refractivity contribution in [2.45, 2.75) is 18.8 Å². The molecule has 0 N–H and O–H groups in total. The highest BCUT2D eigenvalue weighted by atomic mass is 16.5. The zero-order valence-corrected chi connectivity index (χ0v) is 17.2. The molecule has 0 spiro atoms. The van der Waals surface area contributed by atoms with Crippen LogP contribution >= 0.6 is 0 Å². The Morgan fingerprint density at radius 1 is 1.13 bits per heavy atom. The molecule has 2 amide bonds. The molecule has 3 aromatic rings. The highest BCUT2D eigenvalue weighted by Gasteiger charge is 2.27. The minimum absolute atomic E-state index is 0.0320. The van der Waals surface area contributed by atoms with Crippen LogP contribution in [0.4, 0.5) is 0 Å². The van der Waals surface area contributed by atoms with E-state index in [2.05, 4.69) is 4.98 Å². The average molecular weight is 407 g/mol. The lowest BCUT2D eigenvalue weighted by atomic mass is 9.96. The number of ether oxygens (including phenoxy) is 1. The van der Waals surface area contributed by atoms with E-state index in [1.165, 1.54) is 4.90 Å². The molecule has 1 aliphatic rings. The number of fused-ring (bicyclic) bond motifs is 1. The maximum Gasteiger partial charge on any atom is 0.259 e. The van der Waals surface area contributed by atoms with Crippen LogP contribution in [0.1, 0.15) is 35.0 Å². The lowest BCUT2D eigenvalue weighted by Gasteiger charge is -2.30. The van der Waals surface area contributed by atoms with Gasteiger partial charge in [-0.2, -0.15) is 0 Å². The van der Waals surface area contributed by atoms with Crippen molar-refractivity contribution in [1.82, 2.24) is 14.8 Å². The predicted octanol–water partition coefficient (Wildman–Crippen LogP) is 3.31. The van der Waals surface area contributed by atoms with Crippen LogP contribution in [-0.4, -0.2) is 60.4 Å². The molecule has 4 rings (SSSR count). The minimum Gasteiger partial charge on any atom is -0.484 e. The SMILES string of the molecule is CN(C)C(=O)COc1cccc(C(=O)N2CCC(c3nc4ccccc4o3)CC2)c1. The van der Waals surface area contributed by atoms with Crippen molar-refractivity contribution >= 4 is 22.9 Å². The molecule has 1 aromatic heterocycles. The number of rotatable bonds is 5. The van der Waals surface area contributed by atoms with Crippen LogP contribution in [0.2, 0.25) is 0 Å². The summed E-state index contributed by atoms with van der Waals surface area (Å²) in [5.74, 6) is 1.32. The first-order chi connectivity index (χ1) is 14.5. The molecule has 0 unspecified atom stereocenters. The fourth-order valence-electron chi connectivity index (χ4n) is 3.57. The van der Waals surface area contributed by atoms with Crippen molar-refractivity contribution < 1.29 is 18.7 Å². The number of hydrogen-bond acceptors (Lipinski definition) is 5. The highest BCUT2D eigenvalue weighted by Crippen LogP contribution is 2.30. The Balaban J connectivity index is 1.37. The van der Waals surface area contributed by atoms with E-state index in [1.807, 2.05) is 29.2 Å². The van der Waals surface area contributed by atoms with Gasteiger partial charge in [0, 0.05) is 38.7 Å². The Kier molecular flexibility index (Phi) is 5.70. The smallest absolute Gasteiger partial charge is 0.259 e. The van der Waals surface area contributed by atoms with Gasteiger partial charge in [-0.1, -0.05) is 18.2 Å². The van der Waals surface area contributed by atoms with Gasteiger partial charge in [0.25, 0.3) is 11.8 Å². The third-order valence-electron chi connectivity index (χ3n) is 5.38. The quantitative estimate of drug-likeness (QED) is 0.649. The summed E-state index contributed by atoms with van der Waals surface area (Å²) in [4.78, 5) is 32.6. The van der Waals surface area contributed by atoms with E-state index >= 15 is 0 Å². The van der Waals surface area contributed by atoms with Crippen molar-refractivity contribution in [1.29, 1.82) is 0 Å². The topological polar surface area (TPSA) is 75.9 Å². The molecule has 0 radical (unpaired) electrons. The maximum absolute atomic E-state index is 12.9. The number of nitrogens with zero attached hydrogens (tertiary/aromatic N) is 3. The summed E-state index contributed by atoms with van der Waals surface area (Å²) in [5, 5.41) is 0. The Morgan fingerprint density at radius 2 is 1.90 bits per heavy atom. The van der Waals surface area contributed by atoms with Crippen molar-refractivity contribution in [2.24, 2.45) is 0 Å². The Morgan fingerprint density at radius 3 is 2.63 bits per heavy atom. The second-order valence-corrected chi connectivity index (χ2v) is 7.69. The summed E-state index contributed by atoms with van der Waals surface area (Å²) < 4.78 is 11.4. The molecule has 1 saturated heterocycles. The Bertz CT molecular complexity index is 1020. The van der Waals surface area contributed by atoms with E-state index < -0.39 is 0 Å². The molecule has 7 nitrogen and oxygen atoms in total. The molecule has 156 valence electrons. The van der Waals surface area contributed by atoms with Gasteiger partial charge < -0.3 is 19.0 Å². The molecular weight excluding hydrogens is 382 g/mol. The Labute approximate surface area is 175 Å². The van der Waals surface area contributed by atoms with Gasteiger partial charge in [0.15, 0.2) is 18.1 Å². The number of piperidine rings is 1. The second kappa shape index (κ2) is 8.57. The normalized spacial score (nSPS) is 14.7. The summed E-state index contributed by atoms with van der Waals surface area (Å²) in [6.45, 7) is 1.24. The summed E-state index contributed by atoms with van der Waals surface area (Å²) in [6.07, 6.45) is 1.62. The van der Waals surface area contributed by atoms with Gasteiger partial charge in [-0.25, -0.2) is 4.98 Å². The van der Waals surface area contributed by atoms with Gasteiger partial charge in [0.05, 0.1) is 0 Å². The molecular formula is C23H25N3O4. The molecule has 1 aliphatic heterocycles. The first kappa shape index (κ1) is 19.9. The fraction of sp³-hybridized carbons (Fsp3) is 0.348. The summed E-state index contributed by atoms with van der Waals surface area (Å²) >= 11 is 0. The number of hydrogen-bond donors (Lipinski definition) is 0. The van der Waals surface area contributed by atoms with E-state index in [9.17, 15) is 9.59 Å². The number of benzene rings is 2. The molecule has 30 heavy (non-hydrogen) atoms. The first-order valence-corrected chi connectivity index (χ1v) is 10.1. The summed E-state index contributed by atoms with van der Waals surface area (Å²) in [6, 6.07) is 14.7. The highest BCUT2D eigenvalue weighted by molar-refractivity contribution is 5.94. The lowest BCUT2D eigenvalue weighted by Crippen LogP contribution is -2.38. The van der Waals surface area contributed by atoms with Gasteiger partial charge in [-0.15, -0.1) is 0 Å². The number of carbonyl (C=O) groups is 2. The van der Waals surface area contributed by atoms with Gasteiger partial charge in [0.1, 0.15) is 11.3 Å². The van der Waals surface area contributed by atoms with Crippen molar-refractivity contribution in [3.63, 3.8) is 0 Å². The number of likely N-dealkylation sites (N-methyl/N-ethyl adjacent to an activating group) is 1. The average Bonchev–Trinajstić information content (AvgIpc) is 3.21. The largest absolute Gasteiger partial charge is 0.484 e. The van der Waals surface area contributed by atoms with Crippen molar-refractivity contribution in [3.05, 3.63) is 60.0 Å². The van der Waals surface area contributed by atoms with Crippen LogP contribution in [0.25, 0.3) is 11.1 Å². The van der Waals surface area contributed by atoms with Crippen LogP contribution in [-0.2, 0) is 4.79 Å². The molecule has 0 aliphatic carbocycles. The first-order valence-electron chi connectivity index (χ1n) is 10.1. The van der Waals surface area contributed by atoms with E-state index in [0.717, 1.165) is 29.8 Å². The van der Waals surface area contributed by atoms with Crippen LogP contribution in [0.3, 0.4) is 0 Å². The standard InChI is InChI=1S/C23H25N3O4/c1-25(2)21(27)15-29-18-7-5-6-17(14-18)23(28)26-12-10-16(11-13-26)22-24-19-8-3-4-9-20(19)30-22/h3-9,14,16H,10-13,15H2,1-2H3. The minimum atomic E-state index is -0.131. The fourth-order valence-corrected chi connectivity index (χ4v) is 3.57. The zero-order chi connectivity index (χ0) is 21.1. The van der Waals surface area contributed by atoms with Crippen LogP contribution in [0.5, 0.6) is 5.75 Å². The molecule has 0 atom stereocenters. The van der Waals surface area contributed by atoms with Gasteiger partial charge in [-0.3, -0.25) is 9.59 Å². The van der Waals surface area contributed by atoms with Crippen LogP contribution < -0.4 is 4.74 Å². The number of oxazole rings is 1. The van der Waals surface area contributed by atoms with Crippen molar-refractivity contribution in [3.8, 4) is 5.75 Å². The Hall–Kier alpha value is -3.35. The molecule has 1 fully saturated rings. The number of aromatic nitrogens is 1. The number of para-hydroxylation sites is 2. The summed E-state index contributed by atoms with van der Waals surface area (Å²) in [7, 11) is 3.35. The van der Waals surface area contributed by atoms with E-state index in [0.29, 0.717) is 24.4 Å². The number of carbonyl (C=O) groups excluding carboxylic acids is 2. The van der Waals surface area contributed by atoms with Crippen LogP contribution in [0.15, 0.2) is 52.9 Å². The number of likely N-dealkylation sites (tertiary alicyclic amines) is 1. The van der Waals surface area contributed by atoms with Crippen LogP contribution in [0, 0.1) is 0 Å². The molecule has 0 saturated carbocycles. The second-order valence-electron chi connectivity index (χ2n) is 7.69. The lowest BCUT2D eigenvalue weighted by molar-refractivity contribution is -0.130. The van der Waals surface area contributed by atoms with E-state index in [1.54, 1.807) is 38.4 Å². The summed E-state index contributed by atoms with van der Waals surface area (Å²) in [5.41, 5.74) is 2.23.